The predicted molar refractivity (Wildman–Crippen MR) is 129 cm³/mol. The molecule has 1 saturated heterocycles. The van der Waals surface area contributed by atoms with E-state index in [9.17, 15) is 14.7 Å². The van der Waals surface area contributed by atoms with Gasteiger partial charge in [-0.3, -0.25) is 14.5 Å². The number of β-amino-alcohol motifs (C(OH)–C–C–N with tert-alkyl or cyclic N) is 1. The van der Waals surface area contributed by atoms with Crippen LogP contribution in [0.1, 0.15) is 11.1 Å². The molecule has 7 heteroatoms. The SMILES string of the molecule is CN1CCN(c2ccc3c(=O)n(C[C@H](O)CN4CCc5ccccc5C4)ccc3c2)CC1=O. The van der Waals surface area contributed by atoms with Crippen molar-refractivity contribution in [2.45, 2.75) is 25.6 Å². The summed E-state index contributed by atoms with van der Waals surface area (Å²) in [6, 6.07) is 16.1. The number of aromatic nitrogens is 1. The van der Waals surface area contributed by atoms with Crippen molar-refractivity contribution < 1.29 is 9.90 Å². The molecule has 1 aromatic heterocycles. The van der Waals surface area contributed by atoms with Gasteiger partial charge in [0.25, 0.3) is 5.56 Å². The first kappa shape index (κ1) is 21.7. The third-order valence-corrected chi connectivity index (χ3v) is 6.87. The molecule has 5 rings (SSSR count). The van der Waals surface area contributed by atoms with Crippen LogP contribution in [0.5, 0.6) is 0 Å². The average Bonchev–Trinajstić information content (AvgIpc) is 2.82. The van der Waals surface area contributed by atoms with Crippen LogP contribution in [0.3, 0.4) is 0 Å². The lowest BCUT2D eigenvalue weighted by Gasteiger charge is -2.33. The molecule has 172 valence electrons. The van der Waals surface area contributed by atoms with Crippen LogP contribution in [0.15, 0.2) is 59.5 Å². The smallest absolute Gasteiger partial charge is 0.258 e. The Morgan fingerprint density at radius 2 is 1.76 bits per heavy atom. The summed E-state index contributed by atoms with van der Waals surface area (Å²) in [6.07, 6.45) is 2.12. The van der Waals surface area contributed by atoms with Crippen molar-refractivity contribution in [2.75, 3.05) is 44.7 Å². The Bertz CT molecular complexity index is 1240. The molecule has 1 atom stereocenters. The number of nitrogens with zero attached hydrogens (tertiary/aromatic N) is 4. The van der Waals surface area contributed by atoms with Gasteiger partial charge in [0.05, 0.1) is 19.2 Å². The van der Waals surface area contributed by atoms with Crippen molar-refractivity contribution in [1.82, 2.24) is 14.4 Å². The maximum absolute atomic E-state index is 13.1. The van der Waals surface area contributed by atoms with Crippen LogP contribution in [-0.4, -0.2) is 71.3 Å². The Morgan fingerprint density at radius 1 is 0.939 bits per heavy atom. The van der Waals surface area contributed by atoms with Gasteiger partial charge in [0.1, 0.15) is 0 Å². The van der Waals surface area contributed by atoms with Crippen molar-refractivity contribution in [3.8, 4) is 0 Å². The van der Waals surface area contributed by atoms with Gasteiger partial charge in [-0.25, -0.2) is 0 Å². The maximum atomic E-state index is 13.1. The van der Waals surface area contributed by atoms with E-state index in [0.29, 0.717) is 25.0 Å². The number of rotatable bonds is 5. The fourth-order valence-electron chi connectivity index (χ4n) is 4.89. The number of fused-ring (bicyclic) bond motifs is 2. The van der Waals surface area contributed by atoms with Crippen molar-refractivity contribution in [3.05, 3.63) is 76.2 Å². The number of benzene rings is 2. The van der Waals surface area contributed by atoms with Gasteiger partial charge >= 0.3 is 0 Å². The largest absolute Gasteiger partial charge is 0.390 e. The van der Waals surface area contributed by atoms with E-state index in [4.69, 9.17) is 0 Å². The van der Waals surface area contributed by atoms with Crippen LogP contribution < -0.4 is 10.5 Å². The van der Waals surface area contributed by atoms with E-state index < -0.39 is 6.10 Å². The molecule has 0 radical (unpaired) electrons. The summed E-state index contributed by atoms with van der Waals surface area (Å²) < 4.78 is 1.60. The van der Waals surface area contributed by atoms with Crippen LogP contribution in [-0.2, 0) is 24.3 Å². The Balaban J connectivity index is 1.27. The van der Waals surface area contributed by atoms with Crippen molar-refractivity contribution in [3.63, 3.8) is 0 Å². The van der Waals surface area contributed by atoms with E-state index in [-0.39, 0.29) is 18.0 Å². The number of amides is 1. The highest BCUT2D eigenvalue weighted by atomic mass is 16.3. The molecule has 0 unspecified atom stereocenters. The minimum atomic E-state index is -0.624. The molecule has 2 aliphatic rings. The molecule has 1 fully saturated rings. The molecular formula is C26H30N4O3. The van der Waals surface area contributed by atoms with Gasteiger partial charge in [-0.1, -0.05) is 24.3 Å². The third kappa shape index (κ3) is 4.51. The highest BCUT2D eigenvalue weighted by Crippen LogP contribution is 2.22. The first-order valence-electron chi connectivity index (χ1n) is 11.6. The lowest BCUT2D eigenvalue weighted by molar-refractivity contribution is -0.129. The number of aliphatic hydroxyl groups excluding tert-OH is 1. The van der Waals surface area contributed by atoms with E-state index in [0.717, 1.165) is 37.1 Å². The van der Waals surface area contributed by atoms with E-state index in [1.807, 2.05) is 36.2 Å². The van der Waals surface area contributed by atoms with Crippen molar-refractivity contribution >= 4 is 22.4 Å². The first-order chi connectivity index (χ1) is 16.0. The molecule has 33 heavy (non-hydrogen) atoms. The molecule has 1 N–H and O–H groups in total. The number of aliphatic hydroxyl groups is 1. The molecule has 7 nitrogen and oxygen atoms in total. The molecule has 2 aromatic carbocycles. The van der Waals surface area contributed by atoms with E-state index >= 15 is 0 Å². The predicted octanol–water partition coefficient (Wildman–Crippen LogP) is 1.70. The second-order valence-electron chi connectivity index (χ2n) is 9.19. The van der Waals surface area contributed by atoms with Gasteiger partial charge in [0, 0.05) is 57.0 Å². The third-order valence-electron chi connectivity index (χ3n) is 6.87. The Morgan fingerprint density at radius 3 is 2.58 bits per heavy atom. The summed E-state index contributed by atoms with van der Waals surface area (Å²) in [5, 5.41) is 12.2. The van der Waals surface area contributed by atoms with Crippen LogP contribution >= 0.6 is 0 Å². The zero-order valence-corrected chi connectivity index (χ0v) is 19.0. The molecule has 3 aromatic rings. The van der Waals surface area contributed by atoms with Gasteiger partial charge in [0.2, 0.25) is 5.91 Å². The molecule has 0 bridgehead atoms. The quantitative estimate of drug-likeness (QED) is 0.646. The van der Waals surface area contributed by atoms with Gasteiger partial charge in [0.15, 0.2) is 0 Å². The normalized spacial score (nSPS) is 17.9. The number of pyridine rings is 1. The Hall–Kier alpha value is -3.16. The van der Waals surface area contributed by atoms with E-state index in [1.165, 1.54) is 11.1 Å². The summed E-state index contributed by atoms with van der Waals surface area (Å²) in [5.41, 5.74) is 3.55. The lowest BCUT2D eigenvalue weighted by Crippen LogP contribution is -2.48. The minimum Gasteiger partial charge on any atom is -0.390 e. The summed E-state index contributed by atoms with van der Waals surface area (Å²) in [5.74, 6) is 0.0999. The summed E-state index contributed by atoms with van der Waals surface area (Å²) in [6.45, 7) is 4.37. The summed E-state index contributed by atoms with van der Waals surface area (Å²) in [4.78, 5) is 31.2. The van der Waals surface area contributed by atoms with E-state index in [1.54, 1.807) is 15.7 Å². The average molecular weight is 447 g/mol. The molecule has 0 saturated carbocycles. The van der Waals surface area contributed by atoms with Gasteiger partial charge in [-0.15, -0.1) is 0 Å². The van der Waals surface area contributed by atoms with Gasteiger partial charge < -0.3 is 19.5 Å². The number of piperazine rings is 1. The standard InChI is InChI=1S/C26H30N4O3/c1-27-12-13-29(18-25(27)32)22-6-7-24-20(14-22)9-11-30(26(24)33)17-23(31)16-28-10-8-19-4-2-3-5-21(19)15-28/h2-7,9,11,14,23,31H,8,10,12-13,15-18H2,1H3/t23-/m1/s1. The van der Waals surface area contributed by atoms with Crippen LogP contribution in [0, 0.1) is 0 Å². The monoisotopic (exact) mass is 446 g/mol. The zero-order valence-electron chi connectivity index (χ0n) is 19.0. The van der Waals surface area contributed by atoms with Crippen LogP contribution in [0.2, 0.25) is 0 Å². The number of likely N-dealkylation sites (N-methyl/N-ethyl adjacent to an activating group) is 1. The first-order valence-corrected chi connectivity index (χ1v) is 11.6. The zero-order chi connectivity index (χ0) is 22.9. The van der Waals surface area contributed by atoms with Gasteiger partial charge in [-0.05, 0) is 47.2 Å². The number of hydrogen-bond acceptors (Lipinski definition) is 5. The van der Waals surface area contributed by atoms with Crippen LogP contribution in [0.4, 0.5) is 5.69 Å². The second-order valence-corrected chi connectivity index (χ2v) is 9.19. The van der Waals surface area contributed by atoms with Crippen LogP contribution in [0.25, 0.3) is 10.8 Å². The second kappa shape index (κ2) is 9.00. The van der Waals surface area contributed by atoms with Crippen molar-refractivity contribution in [1.29, 1.82) is 0 Å². The number of carbonyl (C=O) groups excluding carboxylic acids is 1. The summed E-state index contributed by atoms with van der Waals surface area (Å²) >= 11 is 0. The number of hydrogen-bond donors (Lipinski definition) is 1. The molecule has 2 aliphatic heterocycles. The molecule has 0 spiro atoms. The fourth-order valence-corrected chi connectivity index (χ4v) is 4.89. The molecule has 0 aliphatic carbocycles. The molecule has 3 heterocycles. The lowest BCUT2D eigenvalue weighted by atomic mass is 10.00. The number of anilines is 1. The fraction of sp³-hybridized carbons (Fsp3) is 0.385. The highest BCUT2D eigenvalue weighted by molar-refractivity contribution is 5.87. The molecular weight excluding hydrogens is 416 g/mol. The summed E-state index contributed by atoms with van der Waals surface area (Å²) in [7, 11) is 1.82. The Kier molecular flexibility index (Phi) is 5.91. The maximum Gasteiger partial charge on any atom is 0.258 e. The topological polar surface area (TPSA) is 69.0 Å². The van der Waals surface area contributed by atoms with Gasteiger partial charge in [-0.2, -0.15) is 0 Å². The minimum absolute atomic E-state index is 0.0999. The number of carbonyl (C=O) groups is 1. The Labute approximate surface area is 193 Å². The van der Waals surface area contributed by atoms with E-state index in [2.05, 4.69) is 29.2 Å². The molecule has 1 amide bonds. The highest BCUT2D eigenvalue weighted by Gasteiger charge is 2.22. The van der Waals surface area contributed by atoms with Crippen molar-refractivity contribution in [2.24, 2.45) is 0 Å².